The van der Waals surface area contributed by atoms with Crippen LogP contribution in [0.15, 0.2) is 0 Å². The number of rotatable bonds is 8. The Morgan fingerprint density at radius 2 is 2.00 bits per heavy atom. The molecule has 0 atom stereocenters. The third-order valence-electron chi connectivity index (χ3n) is 0.830. The number of hydrogen-bond donors (Lipinski definition) is 3. The van der Waals surface area contributed by atoms with Crippen LogP contribution in [-0.2, 0) is 14.3 Å². The van der Waals surface area contributed by atoms with Gasteiger partial charge >= 0.3 is 8.60 Å². The molecule has 0 aromatic heterocycles. The van der Waals surface area contributed by atoms with Crippen LogP contribution in [0.3, 0.4) is 0 Å². The molecule has 9 heteroatoms. The fourth-order valence-corrected chi connectivity index (χ4v) is 2.13. The molecule has 0 saturated heterocycles. The summed E-state index contributed by atoms with van der Waals surface area (Å²) in [5, 5.41) is 0. The van der Waals surface area contributed by atoms with Crippen LogP contribution in [0.4, 0.5) is 0 Å². The predicted octanol–water partition coefficient (Wildman–Crippen LogP) is 2.42. The highest BCUT2D eigenvalue weighted by Gasteiger charge is 1.97. The first kappa shape index (κ1) is 18.6. The van der Waals surface area contributed by atoms with Gasteiger partial charge in [-0.3, -0.25) is 0 Å². The second-order valence-electron chi connectivity index (χ2n) is 2.04. The number of hydrogen-bond acceptors (Lipinski definition) is 8. The maximum absolute atomic E-state index is 8.08. The molecular weight excluding hydrogens is 279 g/mol. The van der Waals surface area contributed by atoms with Crippen LogP contribution >= 0.6 is 40.9 Å². The molecule has 2 N–H and O–H groups in total. The molecule has 0 rings (SSSR count). The Morgan fingerprint density at radius 1 is 1.33 bits per heavy atom. The van der Waals surface area contributed by atoms with Crippen molar-refractivity contribution < 1.29 is 24.1 Å². The predicted molar refractivity (Wildman–Crippen MR) is 69.6 cm³/mol. The van der Waals surface area contributed by atoms with E-state index < -0.39 is 8.60 Å². The first-order valence-electron chi connectivity index (χ1n) is 4.08. The molecule has 0 saturated carbocycles. The quantitative estimate of drug-likeness (QED) is 0.159. The summed E-state index contributed by atoms with van der Waals surface area (Å²) in [4.78, 5) is 20.4. The minimum atomic E-state index is -2.39. The number of thiol groups is 1. The van der Waals surface area contributed by atoms with Crippen LogP contribution in [-0.4, -0.2) is 35.9 Å². The molecule has 0 radical (unpaired) electrons. The SMILES string of the molecule is CCCSSS.COCCOOP(O)O. The topological polar surface area (TPSA) is 68.2 Å². The maximum Gasteiger partial charge on any atom is 0.357 e. The fourth-order valence-electron chi connectivity index (χ4n) is 0.322. The Bertz CT molecular complexity index is 107. The lowest BCUT2D eigenvalue weighted by Crippen LogP contribution is -1.99. The molecule has 0 heterocycles. The van der Waals surface area contributed by atoms with E-state index in [-0.39, 0.29) is 6.61 Å². The number of methoxy groups -OCH3 is 1. The lowest BCUT2D eigenvalue weighted by atomic mass is 10.6. The molecule has 0 aliphatic rings. The Hall–Kier alpha value is 1.28. The average Bonchev–Trinajstić information content (AvgIpc) is 2.22. The third-order valence-corrected chi connectivity index (χ3v) is 3.51. The summed E-state index contributed by atoms with van der Waals surface area (Å²) in [5.74, 6) is 1.22. The Balaban J connectivity index is 0. The zero-order valence-electron chi connectivity index (χ0n) is 8.66. The van der Waals surface area contributed by atoms with Crippen LogP contribution in [0.1, 0.15) is 13.3 Å². The van der Waals surface area contributed by atoms with Crippen LogP contribution in [0.5, 0.6) is 0 Å². The van der Waals surface area contributed by atoms with E-state index in [4.69, 9.17) is 9.79 Å². The second-order valence-corrected chi connectivity index (χ2v) is 5.98. The van der Waals surface area contributed by atoms with Gasteiger partial charge in [0.05, 0.1) is 6.61 Å². The summed E-state index contributed by atoms with van der Waals surface area (Å²) in [6, 6.07) is 0. The molecule has 0 bridgehead atoms. The molecule has 15 heavy (non-hydrogen) atoms. The van der Waals surface area contributed by atoms with Gasteiger partial charge in [0.25, 0.3) is 0 Å². The van der Waals surface area contributed by atoms with Crippen molar-refractivity contribution in [3.63, 3.8) is 0 Å². The van der Waals surface area contributed by atoms with Gasteiger partial charge in [0.1, 0.15) is 6.61 Å². The van der Waals surface area contributed by atoms with Crippen molar-refractivity contribution in [3.8, 4) is 0 Å². The van der Waals surface area contributed by atoms with Gasteiger partial charge in [-0.2, -0.15) is 4.67 Å². The van der Waals surface area contributed by atoms with E-state index in [0.717, 1.165) is 0 Å². The van der Waals surface area contributed by atoms with Gasteiger partial charge in [0.15, 0.2) is 0 Å². The highest BCUT2D eigenvalue weighted by atomic mass is 33.5. The zero-order valence-corrected chi connectivity index (χ0v) is 12.1. The van der Waals surface area contributed by atoms with Crippen molar-refractivity contribution in [2.45, 2.75) is 13.3 Å². The van der Waals surface area contributed by atoms with Gasteiger partial charge in [-0.15, -0.1) is 0 Å². The van der Waals surface area contributed by atoms with Crippen LogP contribution < -0.4 is 0 Å². The fraction of sp³-hybridized carbons (Fsp3) is 1.00. The summed E-state index contributed by atoms with van der Waals surface area (Å²) in [6.07, 6.45) is 1.25. The molecule has 0 aliphatic heterocycles. The molecule has 0 aliphatic carbocycles. The van der Waals surface area contributed by atoms with Crippen molar-refractivity contribution in [2.75, 3.05) is 26.1 Å². The molecule has 5 nitrogen and oxygen atoms in total. The molecule has 0 aromatic carbocycles. The average molecular weight is 296 g/mol. The van der Waals surface area contributed by atoms with Crippen molar-refractivity contribution in [1.82, 2.24) is 0 Å². The maximum atomic E-state index is 8.08. The van der Waals surface area contributed by atoms with E-state index in [9.17, 15) is 0 Å². The van der Waals surface area contributed by atoms with E-state index in [2.05, 4.69) is 32.9 Å². The lowest BCUT2D eigenvalue weighted by Gasteiger charge is -2.01. The standard InChI is InChI=1S/C3H9O5P.C3H8S3/c1-6-2-3-7-8-9(4)5;1-2-3-5-6-4/h4-5H,2-3H2,1H3;4H,2-3H2,1H3. The summed E-state index contributed by atoms with van der Waals surface area (Å²) >= 11 is 3.93. The summed E-state index contributed by atoms with van der Waals surface area (Å²) in [6.45, 7) is 2.72. The van der Waals surface area contributed by atoms with Gasteiger partial charge in [-0.05, 0) is 16.2 Å². The summed E-state index contributed by atoms with van der Waals surface area (Å²) in [7, 11) is 2.44. The Morgan fingerprint density at radius 3 is 2.33 bits per heavy atom. The molecule has 0 fully saturated rings. The van der Waals surface area contributed by atoms with Gasteiger partial charge < -0.3 is 14.5 Å². The zero-order chi connectivity index (χ0) is 11.9. The minimum absolute atomic E-state index is 0.191. The normalized spacial score (nSPS) is 10.0. The monoisotopic (exact) mass is 296 g/mol. The van der Waals surface area contributed by atoms with Crippen molar-refractivity contribution in [3.05, 3.63) is 0 Å². The molecular formula is C6H17O5PS3. The first-order chi connectivity index (χ1) is 7.18. The second kappa shape index (κ2) is 17.7. The lowest BCUT2D eigenvalue weighted by molar-refractivity contribution is -0.219. The molecule has 0 unspecified atom stereocenters. The molecule has 0 spiro atoms. The highest BCUT2D eigenvalue weighted by molar-refractivity contribution is 9.05. The van der Waals surface area contributed by atoms with E-state index >= 15 is 0 Å². The van der Waals surface area contributed by atoms with Gasteiger partial charge in [0.2, 0.25) is 0 Å². The Labute approximate surface area is 104 Å². The van der Waals surface area contributed by atoms with Crippen LogP contribution in [0, 0.1) is 0 Å². The largest absolute Gasteiger partial charge is 0.382 e. The number of ether oxygens (including phenoxy) is 1. The van der Waals surface area contributed by atoms with Crippen LogP contribution in [0.25, 0.3) is 0 Å². The van der Waals surface area contributed by atoms with Gasteiger partial charge in [-0.1, -0.05) is 29.4 Å². The van der Waals surface area contributed by atoms with Crippen LogP contribution in [0.2, 0.25) is 0 Å². The van der Waals surface area contributed by atoms with Gasteiger partial charge in [-0.25, -0.2) is 4.89 Å². The third kappa shape index (κ3) is 25.5. The van der Waals surface area contributed by atoms with E-state index in [1.54, 1.807) is 10.8 Å². The summed E-state index contributed by atoms with van der Waals surface area (Å²) in [5.41, 5.74) is 0. The van der Waals surface area contributed by atoms with Gasteiger partial charge in [0, 0.05) is 12.9 Å². The first-order valence-corrected chi connectivity index (χ1v) is 8.62. The molecule has 0 aromatic rings. The smallest absolute Gasteiger partial charge is 0.357 e. The minimum Gasteiger partial charge on any atom is -0.382 e. The van der Waals surface area contributed by atoms with Crippen molar-refractivity contribution >= 4 is 40.9 Å². The molecule has 94 valence electrons. The van der Waals surface area contributed by atoms with Crippen molar-refractivity contribution in [2.24, 2.45) is 0 Å². The highest BCUT2D eigenvalue weighted by Crippen LogP contribution is 2.24. The van der Waals surface area contributed by atoms with E-state index in [0.29, 0.717) is 6.61 Å². The molecule has 0 amide bonds. The van der Waals surface area contributed by atoms with E-state index in [1.807, 2.05) is 0 Å². The van der Waals surface area contributed by atoms with Crippen molar-refractivity contribution in [1.29, 1.82) is 0 Å². The Kier molecular flexibility index (Phi) is 22.0. The summed E-state index contributed by atoms with van der Waals surface area (Å²) < 4.78 is 8.50. The van der Waals surface area contributed by atoms with E-state index in [1.165, 1.54) is 29.1 Å².